The molecule has 0 aliphatic heterocycles. The van der Waals surface area contributed by atoms with Crippen LogP contribution >= 0.6 is 11.3 Å². The van der Waals surface area contributed by atoms with Gasteiger partial charge in [0.05, 0.1) is 19.3 Å². The molecule has 3 rings (SSSR count). The maximum Gasteiger partial charge on any atom is 0.415 e. The number of methoxy groups -OCH3 is 1. The Balaban J connectivity index is 1.84. The van der Waals surface area contributed by atoms with Gasteiger partial charge in [0.15, 0.2) is 0 Å². The maximum absolute atomic E-state index is 13.0. The zero-order chi connectivity index (χ0) is 21.5. The topological polar surface area (TPSA) is 65.1 Å². The molecule has 7 heteroatoms. The number of carbonyl (C=O) groups is 2. The number of hydrogen-bond donors (Lipinski definition) is 0. The van der Waals surface area contributed by atoms with Crippen molar-refractivity contribution in [2.75, 3.05) is 25.2 Å². The second-order valence-corrected chi connectivity index (χ2v) is 8.25. The molecule has 1 aliphatic carbocycles. The molecule has 0 saturated carbocycles. The van der Waals surface area contributed by atoms with Gasteiger partial charge in [-0.3, -0.25) is 4.90 Å². The van der Waals surface area contributed by atoms with Gasteiger partial charge in [0.1, 0.15) is 17.4 Å². The van der Waals surface area contributed by atoms with Crippen LogP contribution in [0.3, 0.4) is 0 Å². The molecule has 0 atom stereocenters. The monoisotopic (exact) mass is 431 g/mol. The first kappa shape index (κ1) is 22.2. The molecular formula is C23H29NO5S. The smallest absolute Gasteiger partial charge is 0.415 e. The fraction of sp³-hybridized carbons (Fsp3) is 0.478. The van der Waals surface area contributed by atoms with Crippen molar-refractivity contribution in [3.63, 3.8) is 0 Å². The molecule has 0 bridgehead atoms. The Morgan fingerprint density at radius 3 is 2.47 bits per heavy atom. The molecule has 0 fully saturated rings. The summed E-state index contributed by atoms with van der Waals surface area (Å²) in [6.07, 6.45) is 4.24. The molecule has 0 N–H and O–H groups in total. The number of nitrogens with zero attached hydrogens (tertiary/aromatic N) is 1. The van der Waals surface area contributed by atoms with Crippen LogP contribution < -0.4 is 9.64 Å². The highest BCUT2D eigenvalue weighted by Crippen LogP contribution is 2.41. The highest BCUT2D eigenvalue weighted by atomic mass is 32.1. The van der Waals surface area contributed by atoms with Crippen molar-refractivity contribution < 1.29 is 23.8 Å². The van der Waals surface area contributed by atoms with Crippen molar-refractivity contribution in [3.05, 3.63) is 45.8 Å². The summed E-state index contributed by atoms with van der Waals surface area (Å²) < 4.78 is 16.1. The van der Waals surface area contributed by atoms with Gasteiger partial charge in [-0.15, -0.1) is 11.3 Å². The molecule has 6 nitrogen and oxygen atoms in total. The van der Waals surface area contributed by atoms with Crippen LogP contribution in [0.5, 0.6) is 5.75 Å². The lowest BCUT2D eigenvalue weighted by Gasteiger charge is -2.21. The molecule has 162 valence electrons. The number of anilines is 1. The zero-order valence-corrected chi connectivity index (χ0v) is 18.7. The minimum Gasteiger partial charge on any atom is -0.497 e. The van der Waals surface area contributed by atoms with Crippen molar-refractivity contribution in [2.45, 2.75) is 52.6 Å². The second-order valence-electron chi connectivity index (χ2n) is 7.17. The highest BCUT2D eigenvalue weighted by Gasteiger charge is 2.31. The Bertz CT molecular complexity index is 874. The van der Waals surface area contributed by atoms with Gasteiger partial charge in [0, 0.05) is 11.4 Å². The summed E-state index contributed by atoms with van der Waals surface area (Å²) in [4.78, 5) is 28.6. The SMILES string of the molecule is CCCN(C(=O)OCc1ccc(OC)cc1)c1sc2c(c1C(=O)OCC)CCCC2. The first-order valence-electron chi connectivity index (χ1n) is 10.5. The number of amides is 1. The number of hydrogen-bond acceptors (Lipinski definition) is 6. The summed E-state index contributed by atoms with van der Waals surface area (Å²) in [5.74, 6) is 0.400. The number of esters is 1. The van der Waals surface area contributed by atoms with E-state index >= 15 is 0 Å². The van der Waals surface area contributed by atoms with Crippen LogP contribution in [0.25, 0.3) is 0 Å². The first-order valence-corrected chi connectivity index (χ1v) is 11.3. The fourth-order valence-corrected chi connectivity index (χ4v) is 4.99. The van der Waals surface area contributed by atoms with Crippen LogP contribution in [0.4, 0.5) is 9.80 Å². The van der Waals surface area contributed by atoms with Crippen molar-refractivity contribution in [1.29, 1.82) is 0 Å². The molecule has 30 heavy (non-hydrogen) atoms. The molecule has 2 aromatic rings. The van der Waals surface area contributed by atoms with Gasteiger partial charge in [0.2, 0.25) is 0 Å². The van der Waals surface area contributed by atoms with Gasteiger partial charge >= 0.3 is 12.1 Å². The van der Waals surface area contributed by atoms with E-state index in [0.717, 1.165) is 49.0 Å². The highest BCUT2D eigenvalue weighted by molar-refractivity contribution is 7.17. The Kier molecular flexibility index (Phi) is 7.74. The van der Waals surface area contributed by atoms with Crippen molar-refractivity contribution in [2.24, 2.45) is 0 Å². The Morgan fingerprint density at radius 1 is 1.07 bits per heavy atom. The average Bonchev–Trinajstić information content (AvgIpc) is 3.15. The number of fused-ring (bicyclic) bond motifs is 1. The summed E-state index contributed by atoms with van der Waals surface area (Å²) in [6.45, 7) is 4.74. The molecule has 0 radical (unpaired) electrons. The van der Waals surface area contributed by atoms with E-state index in [2.05, 4.69) is 0 Å². The van der Waals surface area contributed by atoms with Crippen LogP contribution in [-0.2, 0) is 28.9 Å². The third-order valence-corrected chi connectivity index (χ3v) is 6.38. The number of ether oxygens (including phenoxy) is 3. The summed E-state index contributed by atoms with van der Waals surface area (Å²) in [7, 11) is 1.61. The van der Waals surface area contributed by atoms with Crippen LogP contribution in [0.15, 0.2) is 24.3 Å². The van der Waals surface area contributed by atoms with Crippen molar-refractivity contribution >= 4 is 28.4 Å². The van der Waals surface area contributed by atoms with Crippen LogP contribution in [0, 0.1) is 0 Å². The largest absolute Gasteiger partial charge is 0.497 e. The summed E-state index contributed by atoms with van der Waals surface area (Å²) in [6, 6.07) is 7.40. The summed E-state index contributed by atoms with van der Waals surface area (Å²) in [5, 5.41) is 0.655. The van der Waals surface area contributed by atoms with E-state index in [-0.39, 0.29) is 12.6 Å². The number of carbonyl (C=O) groups excluding carboxylic acids is 2. The predicted octanol–water partition coefficient (Wildman–Crippen LogP) is 5.37. The third kappa shape index (κ3) is 4.95. The fourth-order valence-electron chi connectivity index (χ4n) is 3.60. The molecule has 0 saturated heterocycles. The molecule has 0 spiro atoms. The minimum absolute atomic E-state index is 0.156. The van der Waals surface area contributed by atoms with Gasteiger partial charge in [-0.2, -0.15) is 0 Å². The lowest BCUT2D eigenvalue weighted by molar-refractivity contribution is 0.0526. The third-order valence-electron chi connectivity index (χ3n) is 5.07. The van der Waals surface area contributed by atoms with Crippen LogP contribution in [0.2, 0.25) is 0 Å². The average molecular weight is 432 g/mol. The molecule has 0 unspecified atom stereocenters. The zero-order valence-electron chi connectivity index (χ0n) is 17.9. The van der Waals surface area contributed by atoms with E-state index in [0.29, 0.717) is 23.7 Å². The van der Waals surface area contributed by atoms with E-state index in [1.807, 2.05) is 31.2 Å². The van der Waals surface area contributed by atoms with E-state index in [1.165, 1.54) is 16.2 Å². The molecule has 1 aromatic carbocycles. The predicted molar refractivity (Wildman–Crippen MR) is 118 cm³/mol. The van der Waals surface area contributed by atoms with Gasteiger partial charge < -0.3 is 14.2 Å². The quantitative estimate of drug-likeness (QED) is 0.526. The maximum atomic E-state index is 13.0. The standard InChI is InChI=1S/C23H29NO5S/c1-4-14-24(23(26)29-15-16-10-12-17(27-3)13-11-16)21-20(22(25)28-5-2)18-8-6-7-9-19(18)30-21/h10-13H,4-9,14-15H2,1-3H3. The molecule has 1 heterocycles. The number of benzene rings is 1. The second kappa shape index (κ2) is 10.5. The summed E-state index contributed by atoms with van der Waals surface area (Å²) >= 11 is 1.53. The molecular weight excluding hydrogens is 402 g/mol. The van der Waals surface area contributed by atoms with E-state index in [9.17, 15) is 9.59 Å². The van der Waals surface area contributed by atoms with Crippen LogP contribution in [0.1, 0.15) is 59.5 Å². The first-order chi connectivity index (χ1) is 14.6. The van der Waals surface area contributed by atoms with Crippen molar-refractivity contribution in [1.82, 2.24) is 0 Å². The minimum atomic E-state index is -0.447. The Morgan fingerprint density at radius 2 is 1.80 bits per heavy atom. The molecule has 1 amide bonds. The molecule has 1 aromatic heterocycles. The van der Waals surface area contributed by atoms with E-state index in [4.69, 9.17) is 14.2 Å². The normalized spacial score (nSPS) is 12.8. The van der Waals surface area contributed by atoms with Gasteiger partial charge in [0.25, 0.3) is 0 Å². The lowest BCUT2D eigenvalue weighted by atomic mass is 9.95. The number of thiophene rings is 1. The van der Waals surface area contributed by atoms with Gasteiger partial charge in [-0.1, -0.05) is 19.1 Å². The molecule has 1 aliphatic rings. The number of rotatable bonds is 8. The van der Waals surface area contributed by atoms with Gasteiger partial charge in [-0.25, -0.2) is 9.59 Å². The Hall–Kier alpha value is -2.54. The van der Waals surface area contributed by atoms with Crippen molar-refractivity contribution in [3.8, 4) is 5.75 Å². The van der Waals surface area contributed by atoms with E-state index < -0.39 is 6.09 Å². The summed E-state index contributed by atoms with van der Waals surface area (Å²) in [5.41, 5.74) is 2.46. The van der Waals surface area contributed by atoms with Gasteiger partial charge in [-0.05, 0) is 62.3 Å². The number of aryl methyl sites for hydroxylation is 1. The lowest BCUT2D eigenvalue weighted by Crippen LogP contribution is -2.33. The van der Waals surface area contributed by atoms with Crippen LogP contribution in [-0.4, -0.2) is 32.3 Å². The Labute approximate surface area is 181 Å². The van der Waals surface area contributed by atoms with E-state index in [1.54, 1.807) is 18.9 Å².